The van der Waals surface area contributed by atoms with Crippen molar-refractivity contribution >= 4 is 22.8 Å². The van der Waals surface area contributed by atoms with Crippen molar-refractivity contribution in [3.05, 3.63) is 65.3 Å². The molecule has 2 aromatic heterocycles. The summed E-state index contributed by atoms with van der Waals surface area (Å²) in [5.74, 6) is -0.644. The van der Waals surface area contributed by atoms with Gasteiger partial charge in [0.25, 0.3) is 0 Å². The van der Waals surface area contributed by atoms with Gasteiger partial charge in [0.15, 0.2) is 11.6 Å². The smallest absolute Gasteiger partial charge is 0.415 e. The number of anilines is 1. The lowest BCUT2D eigenvalue weighted by Gasteiger charge is -2.31. The summed E-state index contributed by atoms with van der Waals surface area (Å²) < 4.78 is 46.4. The highest BCUT2D eigenvalue weighted by Crippen LogP contribution is 2.40. The summed E-state index contributed by atoms with van der Waals surface area (Å²) in [5.41, 5.74) is 4.56. The third-order valence-electron chi connectivity index (χ3n) is 7.73. The van der Waals surface area contributed by atoms with Gasteiger partial charge in [-0.3, -0.25) is 4.90 Å². The van der Waals surface area contributed by atoms with E-state index in [4.69, 9.17) is 19.0 Å². The fraction of sp³-hybridized carbons (Fsp3) is 0.393. The molecule has 2 aromatic carbocycles. The summed E-state index contributed by atoms with van der Waals surface area (Å²) in [5, 5.41) is 4.08. The second-order valence-electron chi connectivity index (χ2n) is 9.97. The number of amides is 1. The molecule has 8 nitrogen and oxygen atoms in total. The topological polar surface area (TPSA) is 82.6 Å². The van der Waals surface area contributed by atoms with E-state index in [1.165, 1.54) is 11.0 Å². The minimum Gasteiger partial charge on any atom is -0.446 e. The van der Waals surface area contributed by atoms with Crippen molar-refractivity contribution in [2.24, 2.45) is 0 Å². The van der Waals surface area contributed by atoms with E-state index in [2.05, 4.69) is 9.72 Å². The standard InChI is InChI=1S/C28H28F2N4O4/c1-15-26(16(2)38-32-15)17-4-11-24-23(12-17)31-27(33(24)18-5-8-20(36-3)9-6-18)25-14-37-28(35)34(25)19-7-10-21(29)22(30)13-19/h4,7,10-13,18,20,25H,5-6,8-9,14H2,1-3H3/t18-,20-,25-/m0/s1. The van der Waals surface area contributed by atoms with E-state index >= 15 is 0 Å². The maximum atomic E-state index is 14.1. The van der Waals surface area contributed by atoms with Crippen molar-refractivity contribution in [1.29, 1.82) is 0 Å². The Morgan fingerprint density at radius 2 is 1.82 bits per heavy atom. The van der Waals surface area contributed by atoms with E-state index in [9.17, 15) is 13.6 Å². The van der Waals surface area contributed by atoms with Crippen molar-refractivity contribution in [3.63, 3.8) is 0 Å². The Labute approximate surface area is 218 Å². The Kier molecular flexibility index (Phi) is 6.14. The molecule has 1 saturated carbocycles. The second kappa shape index (κ2) is 9.50. The van der Waals surface area contributed by atoms with E-state index < -0.39 is 23.8 Å². The number of ether oxygens (including phenoxy) is 2. The number of rotatable bonds is 5. The predicted octanol–water partition coefficient (Wildman–Crippen LogP) is 6.41. The van der Waals surface area contributed by atoms with Crippen LogP contribution in [-0.2, 0) is 9.47 Å². The Morgan fingerprint density at radius 3 is 2.50 bits per heavy atom. The highest BCUT2D eigenvalue weighted by Gasteiger charge is 2.40. The van der Waals surface area contributed by atoms with Crippen molar-refractivity contribution in [2.45, 2.75) is 57.7 Å². The van der Waals surface area contributed by atoms with E-state index in [1.807, 2.05) is 32.0 Å². The number of halogens is 2. The number of benzene rings is 2. The van der Waals surface area contributed by atoms with Gasteiger partial charge in [0, 0.05) is 24.8 Å². The van der Waals surface area contributed by atoms with Gasteiger partial charge in [-0.1, -0.05) is 11.2 Å². The van der Waals surface area contributed by atoms with Gasteiger partial charge >= 0.3 is 6.09 Å². The largest absolute Gasteiger partial charge is 0.446 e. The van der Waals surface area contributed by atoms with E-state index in [0.29, 0.717) is 5.82 Å². The number of carbonyl (C=O) groups is 1. The fourth-order valence-electron chi connectivity index (χ4n) is 5.86. The van der Waals surface area contributed by atoms with E-state index in [0.717, 1.165) is 71.4 Å². The Bertz CT molecular complexity index is 1500. The van der Waals surface area contributed by atoms with Gasteiger partial charge in [-0.2, -0.15) is 0 Å². The lowest BCUT2D eigenvalue weighted by Crippen LogP contribution is -2.31. The third-order valence-corrected chi connectivity index (χ3v) is 7.73. The summed E-state index contributed by atoms with van der Waals surface area (Å²) in [6.07, 6.45) is 3.17. The minimum absolute atomic E-state index is 0.0469. The van der Waals surface area contributed by atoms with Crippen LogP contribution in [0.5, 0.6) is 0 Å². The van der Waals surface area contributed by atoms with E-state index in [-0.39, 0.29) is 24.4 Å². The molecule has 6 rings (SSSR count). The van der Waals surface area contributed by atoms with Crippen LogP contribution in [-0.4, -0.2) is 40.6 Å². The number of aryl methyl sites for hydroxylation is 2. The first-order chi connectivity index (χ1) is 18.4. The lowest BCUT2D eigenvalue weighted by atomic mass is 9.92. The molecule has 4 aromatic rings. The number of cyclic esters (lactones) is 1. The molecule has 2 aliphatic rings. The summed E-state index contributed by atoms with van der Waals surface area (Å²) in [6.45, 7) is 3.82. The maximum absolute atomic E-state index is 14.1. The number of hydrogen-bond donors (Lipinski definition) is 0. The average molecular weight is 523 g/mol. The third kappa shape index (κ3) is 4.03. The summed E-state index contributed by atoms with van der Waals surface area (Å²) in [7, 11) is 1.74. The zero-order chi connectivity index (χ0) is 26.6. The molecule has 0 N–H and O–H groups in total. The molecule has 1 saturated heterocycles. The number of carbonyl (C=O) groups excluding carboxylic acids is 1. The Morgan fingerprint density at radius 1 is 1.03 bits per heavy atom. The Balaban J connectivity index is 1.49. The molecular formula is C28H28F2N4O4. The van der Waals surface area contributed by atoms with Gasteiger partial charge < -0.3 is 18.6 Å². The SMILES string of the molecule is CO[C@H]1CC[C@H](n2c([C@@H]3COC(=O)N3c3ccc(F)c(F)c3)nc3cc(-c4c(C)noc4C)ccc32)CC1. The monoisotopic (exact) mass is 522 g/mol. The van der Waals surface area contributed by atoms with Crippen molar-refractivity contribution in [3.8, 4) is 11.1 Å². The average Bonchev–Trinajstić information content (AvgIpc) is 3.59. The molecule has 2 fully saturated rings. The van der Waals surface area contributed by atoms with Crippen LogP contribution < -0.4 is 4.90 Å². The second-order valence-corrected chi connectivity index (χ2v) is 9.97. The molecule has 1 aliphatic carbocycles. The van der Waals surface area contributed by atoms with Crippen LogP contribution in [0.3, 0.4) is 0 Å². The van der Waals surface area contributed by atoms with Crippen LogP contribution in [0.4, 0.5) is 19.3 Å². The van der Waals surface area contributed by atoms with Crippen LogP contribution in [0.2, 0.25) is 0 Å². The van der Waals surface area contributed by atoms with Gasteiger partial charge in [-0.05, 0) is 69.4 Å². The zero-order valence-corrected chi connectivity index (χ0v) is 21.4. The highest BCUT2D eigenvalue weighted by molar-refractivity contribution is 5.91. The summed E-state index contributed by atoms with van der Waals surface area (Å²) in [4.78, 5) is 19.2. The first kappa shape index (κ1) is 24.5. The number of imidazole rings is 1. The summed E-state index contributed by atoms with van der Waals surface area (Å²) >= 11 is 0. The van der Waals surface area contributed by atoms with Crippen LogP contribution >= 0.6 is 0 Å². The van der Waals surface area contributed by atoms with Gasteiger partial charge in [0.2, 0.25) is 0 Å². The minimum atomic E-state index is -1.03. The van der Waals surface area contributed by atoms with E-state index in [1.54, 1.807) is 7.11 Å². The summed E-state index contributed by atoms with van der Waals surface area (Å²) in [6, 6.07) is 9.00. The van der Waals surface area contributed by atoms with Crippen molar-refractivity contribution in [1.82, 2.24) is 14.7 Å². The predicted molar refractivity (Wildman–Crippen MR) is 136 cm³/mol. The van der Waals surface area contributed by atoms with Gasteiger partial charge in [0.05, 0.1) is 28.5 Å². The number of hydrogen-bond acceptors (Lipinski definition) is 6. The number of aromatic nitrogens is 3. The van der Waals surface area contributed by atoms with Crippen LogP contribution in [0, 0.1) is 25.5 Å². The molecule has 198 valence electrons. The normalized spacial score (nSPS) is 21.9. The molecule has 0 spiro atoms. The first-order valence-corrected chi connectivity index (χ1v) is 12.7. The zero-order valence-electron chi connectivity index (χ0n) is 21.4. The molecule has 1 aliphatic heterocycles. The van der Waals surface area contributed by atoms with Crippen molar-refractivity contribution in [2.75, 3.05) is 18.6 Å². The lowest BCUT2D eigenvalue weighted by molar-refractivity contribution is 0.0584. The molecule has 3 heterocycles. The van der Waals surface area contributed by atoms with Crippen LogP contribution in [0.15, 0.2) is 40.9 Å². The van der Waals surface area contributed by atoms with Crippen LogP contribution in [0.25, 0.3) is 22.2 Å². The Hall–Kier alpha value is -3.79. The molecule has 0 unspecified atom stereocenters. The quantitative estimate of drug-likeness (QED) is 0.301. The molecule has 1 amide bonds. The molecule has 1 atom stereocenters. The highest BCUT2D eigenvalue weighted by atomic mass is 19.2. The maximum Gasteiger partial charge on any atom is 0.415 e. The molecule has 0 bridgehead atoms. The van der Waals surface area contributed by atoms with Crippen LogP contribution in [0.1, 0.15) is 55.0 Å². The molecular weight excluding hydrogens is 494 g/mol. The molecule has 38 heavy (non-hydrogen) atoms. The number of fused-ring (bicyclic) bond motifs is 1. The van der Waals surface area contributed by atoms with Gasteiger partial charge in [-0.15, -0.1) is 0 Å². The van der Waals surface area contributed by atoms with Gasteiger partial charge in [-0.25, -0.2) is 18.6 Å². The molecule has 0 radical (unpaired) electrons. The number of nitrogens with zero attached hydrogens (tertiary/aromatic N) is 4. The number of methoxy groups -OCH3 is 1. The van der Waals surface area contributed by atoms with Gasteiger partial charge in [0.1, 0.15) is 24.2 Å². The van der Waals surface area contributed by atoms with Crippen molar-refractivity contribution < 1.29 is 27.6 Å². The first-order valence-electron chi connectivity index (χ1n) is 12.7. The molecule has 10 heteroatoms. The fourth-order valence-corrected chi connectivity index (χ4v) is 5.86.